The van der Waals surface area contributed by atoms with E-state index in [1.54, 1.807) is 14.2 Å². The van der Waals surface area contributed by atoms with Crippen LogP contribution in [0.5, 0.6) is 11.5 Å². The van der Waals surface area contributed by atoms with E-state index in [0.29, 0.717) is 22.9 Å². The summed E-state index contributed by atoms with van der Waals surface area (Å²) >= 11 is 1.41. The van der Waals surface area contributed by atoms with Gasteiger partial charge in [-0.1, -0.05) is 6.42 Å². The Hall–Kier alpha value is -3.32. The average molecular weight is 490 g/mol. The lowest BCUT2D eigenvalue weighted by Gasteiger charge is -2.30. The molecule has 35 heavy (non-hydrogen) atoms. The molecule has 3 heterocycles. The monoisotopic (exact) mass is 489 g/mol. The van der Waals surface area contributed by atoms with Crippen molar-refractivity contribution < 1.29 is 14.3 Å². The van der Waals surface area contributed by atoms with E-state index in [-0.39, 0.29) is 5.78 Å². The number of Topliss-reactive ketones (excluding diaryl/α,β-unsaturated/α-hetero) is 1. The van der Waals surface area contributed by atoms with Crippen LogP contribution in [0.15, 0.2) is 48.5 Å². The second-order valence-corrected chi connectivity index (χ2v) is 10.2. The third kappa shape index (κ3) is 4.91. The summed E-state index contributed by atoms with van der Waals surface area (Å²) in [4.78, 5) is 22.0. The molecule has 0 spiro atoms. The largest absolute Gasteiger partial charge is 0.497 e. The molecule has 1 saturated heterocycles. The molecule has 1 fully saturated rings. The molecular weight excluding hydrogens is 458 g/mol. The van der Waals surface area contributed by atoms with Gasteiger partial charge in [-0.2, -0.15) is 0 Å². The molecule has 0 bridgehead atoms. The number of nitrogens with two attached hydrogens (primary N) is 1. The van der Waals surface area contributed by atoms with Crippen molar-refractivity contribution in [1.29, 1.82) is 0 Å². The van der Waals surface area contributed by atoms with Gasteiger partial charge in [-0.3, -0.25) is 4.79 Å². The second-order valence-electron chi connectivity index (χ2n) is 9.21. The summed E-state index contributed by atoms with van der Waals surface area (Å²) in [6, 6.07) is 16.1. The zero-order valence-corrected chi connectivity index (χ0v) is 21.1. The molecule has 1 atom stereocenters. The standard InChI is InChI=1S/C28H31N3O3S/c1-33-21-10-7-20(8-11-21)31-13-4-3-5-18(12-14-31)15-25(32)27-26(29)23-16-19-6-9-22(34-2)17-24(19)30-28(23)35-27/h6-11,16-18H,3-5,12-15,29H2,1-2H3. The number of methoxy groups -OCH3 is 2. The first-order chi connectivity index (χ1) is 17.1. The number of ketones is 1. The first kappa shape index (κ1) is 23.4. The second kappa shape index (κ2) is 10.1. The Morgan fingerprint density at radius 3 is 2.57 bits per heavy atom. The maximum atomic E-state index is 13.4. The van der Waals surface area contributed by atoms with Crippen LogP contribution < -0.4 is 20.1 Å². The van der Waals surface area contributed by atoms with Crippen molar-refractivity contribution in [3.63, 3.8) is 0 Å². The molecule has 4 aromatic rings. The summed E-state index contributed by atoms with van der Waals surface area (Å²) < 4.78 is 10.6. The molecule has 0 saturated carbocycles. The van der Waals surface area contributed by atoms with Gasteiger partial charge in [0.25, 0.3) is 0 Å². The SMILES string of the molecule is COc1ccc(N2CCCCC(CC(=O)c3sc4nc5cc(OC)ccc5cc4c3N)CC2)cc1. The number of pyridine rings is 1. The van der Waals surface area contributed by atoms with Gasteiger partial charge in [-0.25, -0.2) is 4.98 Å². The summed E-state index contributed by atoms with van der Waals surface area (Å²) in [7, 11) is 3.33. The van der Waals surface area contributed by atoms with Gasteiger partial charge in [0, 0.05) is 42.0 Å². The minimum absolute atomic E-state index is 0.133. The van der Waals surface area contributed by atoms with Gasteiger partial charge < -0.3 is 20.1 Å². The van der Waals surface area contributed by atoms with Crippen molar-refractivity contribution in [3.05, 3.63) is 53.4 Å². The first-order valence-electron chi connectivity index (χ1n) is 12.1. The van der Waals surface area contributed by atoms with Gasteiger partial charge in [-0.15, -0.1) is 11.3 Å². The van der Waals surface area contributed by atoms with E-state index in [1.165, 1.54) is 17.0 Å². The molecule has 2 aromatic carbocycles. The number of hydrogen-bond acceptors (Lipinski definition) is 7. The fourth-order valence-corrected chi connectivity index (χ4v) is 5.98. The highest BCUT2D eigenvalue weighted by atomic mass is 32.1. The Kier molecular flexibility index (Phi) is 6.77. The van der Waals surface area contributed by atoms with Crippen molar-refractivity contribution in [2.75, 3.05) is 37.9 Å². The van der Waals surface area contributed by atoms with Gasteiger partial charge in [0.05, 0.1) is 30.3 Å². The van der Waals surface area contributed by atoms with Crippen LogP contribution >= 0.6 is 11.3 Å². The maximum Gasteiger partial charge on any atom is 0.175 e. The van der Waals surface area contributed by atoms with Crippen molar-refractivity contribution in [2.24, 2.45) is 5.92 Å². The number of carbonyl (C=O) groups is 1. The van der Waals surface area contributed by atoms with Crippen LogP contribution in [-0.4, -0.2) is 38.1 Å². The fourth-order valence-electron chi connectivity index (χ4n) is 4.95. The highest BCUT2D eigenvalue weighted by Crippen LogP contribution is 2.37. The number of nitrogens with zero attached hydrogens (tertiary/aromatic N) is 2. The Balaban J connectivity index is 1.31. The minimum Gasteiger partial charge on any atom is -0.497 e. The molecule has 0 amide bonds. The Morgan fingerprint density at radius 1 is 1.03 bits per heavy atom. The molecule has 0 radical (unpaired) electrons. The highest BCUT2D eigenvalue weighted by molar-refractivity contribution is 7.21. The number of hydrogen-bond donors (Lipinski definition) is 1. The predicted octanol–water partition coefficient (Wildman–Crippen LogP) is 6.32. The van der Waals surface area contributed by atoms with E-state index in [9.17, 15) is 4.79 Å². The van der Waals surface area contributed by atoms with Gasteiger partial charge >= 0.3 is 0 Å². The average Bonchev–Trinajstić information content (AvgIpc) is 3.19. The molecule has 7 heteroatoms. The number of rotatable bonds is 6. The molecule has 2 aromatic heterocycles. The van der Waals surface area contributed by atoms with E-state index in [0.717, 1.165) is 71.4 Å². The van der Waals surface area contributed by atoms with Crippen LogP contribution in [0.4, 0.5) is 11.4 Å². The van der Waals surface area contributed by atoms with Gasteiger partial charge in [-0.05, 0) is 67.6 Å². The zero-order chi connectivity index (χ0) is 24.4. The van der Waals surface area contributed by atoms with E-state index < -0.39 is 0 Å². The first-order valence-corrected chi connectivity index (χ1v) is 13.0. The third-order valence-electron chi connectivity index (χ3n) is 6.99. The molecule has 2 N–H and O–H groups in total. The lowest BCUT2D eigenvalue weighted by atomic mass is 9.90. The predicted molar refractivity (Wildman–Crippen MR) is 144 cm³/mol. The van der Waals surface area contributed by atoms with Crippen LogP contribution in [0.2, 0.25) is 0 Å². The Labute approximate surface area is 209 Å². The summed E-state index contributed by atoms with van der Waals surface area (Å²) in [6.45, 7) is 1.99. The number of anilines is 2. The van der Waals surface area contributed by atoms with Crippen LogP contribution in [0.3, 0.4) is 0 Å². The molecule has 0 aliphatic carbocycles. The molecule has 5 rings (SSSR count). The van der Waals surface area contributed by atoms with E-state index in [4.69, 9.17) is 20.2 Å². The number of fused-ring (bicyclic) bond motifs is 2. The Bertz CT molecular complexity index is 1350. The molecular formula is C28H31N3O3S. The smallest absolute Gasteiger partial charge is 0.175 e. The molecule has 1 unspecified atom stereocenters. The number of benzene rings is 2. The fraction of sp³-hybridized carbons (Fsp3) is 0.357. The van der Waals surface area contributed by atoms with Gasteiger partial charge in [0.1, 0.15) is 16.3 Å². The normalized spacial score (nSPS) is 16.7. The quantitative estimate of drug-likeness (QED) is 0.319. The summed E-state index contributed by atoms with van der Waals surface area (Å²) in [5.74, 6) is 2.11. The van der Waals surface area contributed by atoms with Crippen LogP contribution in [0.1, 0.15) is 41.8 Å². The summed E-state index contributed by atoms with van der Waals surface area (Å²) in [5, 5.41) is 1.85. The third-order valence-corrected chi connectivity index (χ3v) is 8.14. The van der Waals surface area contributed by atoms with Crippen LogP contribution in [0.25, 0.3) is 21.1 Å². The Morgan fingerprint density at radius 2 is 1.80 bits per heavy atom. The van der Waals surface area contributed by atoms with Crippen LogP contribution in [0, 0.1) is 5.92 Å². The van der Waals surface area contributed by atoms with E-state index in [2.05, 4.69) is 17.0 Å². The summed E-state index contributed by atoms with van der Waals surface area (Å²) in [6.07, 6.45) is 4.85. The molecule has 182 valence electrons. The maximum absolute atomic E-state index is 13.4. The lowest BCUT2D eigenvalue weighted by Crippen LogP contribution is -2.29. The minimum atomic E-state index is 0.133. The number of aromatic nitrogens is 1. The number of ether oxygens (including phenoxy) is 2. The van der Waals surface area contributed by atoms with E-state index in [1.807, 2.05) is 36.4 Å². The number of carbonyl (C=O) groups excluding carboxylic acids is 1. The molecule has 6 nitrogen and oxygen atoms in total. The van der Waals surface area contributed by atoms with Crippen molar-refractivity contribution >= 4 is 49.6 Å². The van der Waals surface area contributed by atoms with Crippen molar-refractivity contribution in [1.82, 2.24) is 4.98 Å². The van der Waals surface area contributed by atoms with Crippen molar-refractivity contribution in [2.45, 2.75) is 32.1 Å². The van der Waals surface area contributed by atoms with Gasteiger partial charge in [0.2, 0.25) is 0 Å². The van der Waals surface area contributed by atoms with E-state index >= 15 is 0 Å². The van der Waals surface area contributed by atoms with Crippen molar-refractivity contribution in [3.8, 4) is 11.5 Å². The number of thiophene rings is 1. The topological polar surface area (TPSA) is 77.7 Å². The summed E-state index contributed by atoms with van der Waals surface area (Å²) in [5.41, 5.74) is 9.09. The highest BCUT2D eigenvalue weighted by Gasteiger charge is 2.23. The molecule has 1 aliphatic rings. The number of nitrogen functional groups attached to an aromatic ring is 1. The molecule has 1 aliphatic heterocycles. The zero-order valence-electron chi connectivity index (χ0n) is 20.3. The van der Waals surface area contributed by atoms with Crippen LogP contribution in [-0.2, 0) is 0 Å². The lowest BCUT2D eigenvalue weighted by molar-refractivity contribution is 0.0960. The van der Waals surface area contributed by atoms with Gasteiger partial charge in [0.15, 0.2) is 5.78 Å².